The summed E-state index contributed by atoms with van der Waals surface area (Å²) in [5.41, 5.74) is 1.88. The molecule has 1 aromatic heterocycles. The summed E-state index contributed by atoms with van der Waals surface area (Å²) < 4.78 is 10.3. The Labute approximate surface area is 112 Å². The first kappa shape index (κ1) is 13.5. The number of rotatable bonds is 5. The molecule has 0 atom stereocenters. The molecule has 0 radical (unpaired) electrons. The minimum absolute atomic E-state index is 0.254. The highest BCUT2D eigenvalue weighted by atomic mass is 16.5. The molecule has 0 unspecified atom stereocenters. The molecular formula is C14H18N2O3. The van der Waals surface area contributed by atoms with Crippen molar-refractivity contribution in [2.45, 2.75) is 32.9 Å². The Morgan fingerprint density at radius 2 is 2.26 bits per heavy atom. The van der Waals surface area contributed by atoms with Crippen LogP contribution in [-0.4, -0.2) is 23.1 Å². The number of oxazole rings is 1. The molecule has 0 bridgehead atoms. The van der Waals surface area contributed by atoms with Crippen molar-refractivity contribution in [3.05, 3.63) is 30.2 Å². The molecule has 0 aliphatic heterocycles. The van der Waals surface area contributed by atoms with Gasteiger partial charge in [-0.25, -0.2) is 4.98 Å². The first-order chi connectivity index (χ1) is 9.03. The number of hydrogen-bond donors (Lipinski definition) is 1. The minimum Gasteiger partial charge on any atom is -0.465 e. The summed E-state index contributed by atoms with van der Waals surface area (Å²) in [4.78, 5) is 15.8. The molecule has 0 saturated heterocycles. The lowest BCUT2D eigenvalue weighted by Gasteiger charge is -2.23. The summed E-state index contributed by atoms with van der Waals surface area (Å²) in [6.45, 7) is 6.35. The quantitative estimate of drug-likeness (QED) is 0.837. The summed E-state index contributed by atoms with van der Waals surface area (Å²) in [6.07, 6.45) is 1.42. The Hall–Kier alpha value is -1.88. The Bertz CT molecular complexity index is 575. The average Bonchev–Trinajstić information content (AvgIpc) is 2.84. The van der Waals surface area contributed by atoms with Crippen molar-refractivity contribution in [1.29, 1.82) is 0 Å². The lowest BCUT2D eigenvalue weighted by Crippen LogP contribution is -2.47. The van der Waals surface area contributed by atoms with Gasteiger partial charge in [-0.05, 0) is 38.5 Å². The number of hydrogen-bond acceptors (Lipinski definition) is 5. The fourth-order valence-electron chi connectivity index (χ4n) is 1.72. The smallest absolute Gasteiger partial charge is 0.325 e. The molecule has 5 heteroatoms. The number of nitrogens with one attached hydrogen (secondary N) is 1. The topological polar surface area (TPSA) is 64.4 Å². The molecule has 0 spiro atoms. The fraction of sp³-hybridized carbons (Fsp3) is 0.429. The fourth-order valence-corrected chi connectivity index (χ4v) is 1.72. The van der Waals surface area contributed by atoms with E-state index >= 15 is 0 Å². The van der Waals surface area contributed by atoms with Crippen LogP contribution in [0.25, 0.3) is 11.1 Å². The van der Waals surface area contributed by atoms with Gasteiger partial charge in [0.15, 0.2) is 12.0 Å². The van der Waals surface area contributed by atoms with Crippen molar-refractivity contribution in [3.8, 4) is 0 Å². The van der Waals surface area contributed by atoms with Crippen LogP contribution in [0.2, 0.25) is 0 Å². The van der Waals surface area contributed by atoms with Gasteiger partial charge in [-0.2, -0.15) is 0 Å². The van der Waals surface area contributed by atoms with Gasteiger partial charge < -0.3 is 9.15 Å². The van der Waals surface area contributed by atoms with E-state index < -0.39 is 5.54 Å². The normalized spacial score (nSPS) is 11.7. The van der Waals surface area contributed by atoms with Crippen LogP contribution in [0, 0.1) is 0 Å². The van der Waals surface area contributed by atoms with E-state index in [9.17, 15) is 4.79 Å². The number of ether oxygens (including phenoxy) is 1. The van der Waals surface area contributed by atoms with Crippen molar-refractivity contribution < 1.29 is 13.9 Å². The molecule has 19 heavy (non-hydrogen) atoms. The van der Waals surface area contributed by atoms with E-state index in [-0.39, 0.29) is 5.97 Å². The number of esters is 1. The van der Waals surface area contributed by atoms with Crippen LogP contribution in [-0.2, 0) is 16.1 Å². The number of aromatic nitrogens is 1. The Morgan fingerprint density at radius 3 is 3.00 bits per heavy atom. The number of nitrogens with zero attached hydrogens (tertiary/aromatic N) is 1. The summed E-state index contributed by atoms with van der Waals surface area (Å²) >= 11 is 0. The van der Waals surface area contributed by atoms with Crippen molar-refractivity contribution in [2.24, 2.45) is 0 Å². The molecule has 2 aromatic rings. The molecule has 0 aliphatic carbocycles. The van der Waals surface area contributed by atoms with Crippen LogP contribution in [0.5, 0.6) is 0 Å². The maximum atomic E-state index is 11.7. The van der Waals surface area contributed by atoms with Gasteiger partial charge in [0.05, 0.1) is 6.61 Å². The summed E-state index contributed by atoms with van der Waals surface area (Å²) in [6, 6.07) is 5.77. The zero-order valence-electron chi connectivity index (χ0n) is 11.4. The van der Waals surface area contributed by atoms with E-state index in [1.807, 2.05) is 18.2 Å². The zero-order chi connectivity index (χ0) is 13.9. The Balaban J connectivity index is 2.03. The van der Waals surface area contributed by atoms with Gasteiger partial charge in [0.25, 0.3) is 0 Å². The first-order valence-electron chi connectivity index (χ1n) is 6.27. The molecule has 1 heterocycles. The summed E-state index contributed by atoms with van der Waals surface area (Å²) in [5.74, 6) is -0.254. The number of carbonyl (C=O) groups excluding carboxylic acids is 1. The van der Waals surface area contributed by atoms with Crippen molar-refractivity contribution >= 4 is 17.1 Å². The van der Waals surface area contributed by atoms with Gasteiger partial charge in [0, 0.05) is 6.54 Å². The van der Waals surface area contributed by atoms with Crippen LogP contribution in [0.1, 0.15) is 26.3 Å². The van der Waals surface area contributed by atoms with Crippen LogP contribution in [0.15, 0.2) is 29.0 Å². The first-order valence-corrected chi connectivity index (χ1v) is 6.27. The summed E-state index contributed by atoms with van der Waals surface area (Å²) in [7, 11) is 0. The SMILES string of the molecule is CCOC(=O)C(C)(C)NCc1ccc2ncoc2c1. The Morgan fingerprint density at radius 1 is 1.47 bits per heavy atom. The molecule has 1 N–H and O–H groups in total. The predicted octanol–water partition coefficient (Wildman–Crippen LogP) is 2.26. The third-order valence-electron chi connectivity index (χ3n) is 2.92. The van der Waals surface area contributed by atoms with E-state index in [0.29, 0.717) is 13.2 Å². The van der Waals surface area contributed by atoms with Gasteiger partial charge in [-0.3, -0.25) is 10.1 Å². The van der Waals surface area contributed by atoms with Crippen LogP contribution < -0.4 is 5.32 Å². The number of carbonyl (C=O) groups is 1. The second-order valence-corrected chi connectivity index (χ2v) is 4.85. The number of benzene rings is 1. The minimum atomic E-state index is -0.716. The predicted molar refractivity (Wildman–Crippen MR) is 71.6 cm³/mol. The van der Waals surface area contributed by atoms with Gasteiger partial charge in [0.2, 0.25) is 0 Å². The Kier molecular flexibility index (Phi) is 3.85. The van der Waals surface area contributed by atoms with Gasteiger partial charge >= 0.3 is 5.97 Å². The lowest BCUT2D eigenvalue weighted by atomic mass is 10.1. The lowest BCUT2D eigenvalue weighted by molar-refractivity contribution is -0.149. The van der Waals surface area contributed by atoms with Crippen LogP contribution >= 0.6 is 0 Å². The maximum absolute atomic E-state index is 11.7. The summed E-state index contributed by atoms with van der Waals surface area (Å²) in [5, 5.41) is 3.18. The van der Waals surface area contributed by atoms with E-state index in [0.717, 1.165) is 16.7 Å². The second-order valence-electron chi connectivity index (χ2n) is 4.85. The molecule has 0 saturated carbocycles. The highest BCUT2D eigenvalue weighted by Crippen LogP contribution is 2.15. The molecular weight excluding hydrogens is 244 g/mol. The van der Waals surface area contributed by atoms with Gasteiger partial charge in [-0.1, -0.05) is 6.07 Å². The second kappa shape index (κ2) is 5.40. The van der Waals surface area contributed by atoms with E-state index in [1.54, 1.807) is 20.8 Å². The standard InChI is InChI=1S/C14H18N2O3/c1-4-18-13(17)14(2,3)16-8-10-5-6-11-12(7-10)19-9-15-11/h5-7,9,16H,4,8H2,1-3H3. The van der Waals surface area contributed by atoms with Gasteiger partial charge in [0.1, 0.15) is 11.1 Å². The zero-order valence-corrected chi connectivity index (χ0v) is 11.4. The monoisotopic (exact) mass is 262 g/mol. The maximum Gasteiger partial charge on any atom is 0.325 e. The van der Waals surface area contributed by atoms with E-state index in [4.69, 9.17) is 9.15 Å². The van der Waals surface area contributed by atoms with Gasteiger partial charge in [-0.15, -0.1) is 0 Å². The van der Waals surface area contributed by atoms with E-state index in [1.165, 1.54) is 6.39 Å². The third kappa shape index (κ3) is 3.12. The van der Waals surface area contributed by atoms with Crippen LogP contribution in [0.3, 0.4) is 0 Å². The van der Waals surface area contributed by atoms with Crippen molar-refractivity contribution in [1.82, 2.24) is 10.3 Å². The van der Waals surface area contributed by atoms with Crippen molar-refractivity contribution in [3.63, 3.8) is 0 Å². The molecule has 2 rings (SSSR count). The number of fused-ring (bicyclic) bond motifs is 1. The molecule has 1 aromatic carbocycles. The molecule has 0 amide bonds. The molecule has 102 valence electrons. The molecule has 5 nitrogen and oxygen atoms in total. The van der Waals surface area contributed by atoms with Crippen LogP contribution in [0.4, 0.5) is 0 Å². The largest absolute Gasteiger partial charge is 0.465 e. The van der Waals surface area contributed by atoms with Crippen molar-refractivity contribution in [2.75, 3.05) is 6.61 Å². The average molecular weight is 262 g/mol. The van der Waals surface area contributed by atoms with E-state index in [2.05, 4.69) is 10.3 Å². The molecule has 0 fully saturated rings. The third-order valence-corrected chi connectivity index (χ3v) is 2.92. The highest BCUT2D eigenvalue weighted by molar-refractivity contribution is 5.79. The molecule has 0 aliphatic rings. The highest BCUT2D eigenvalue weighted by Gasteiger charge is 2.28.